The number of aliphatic hydroxyl groups excluding tert-OH is 1. The van der Waals surface area contributed by atoms with Gasteiger partial charge in [0.25, 0.3) is 0 Å². The number of carboxylic acid groups (broad SMARTS) is 1. The molecular weight excluding hydrogens is 446 g/mol. The first-order valence-corrected chi connectivity index (χ1v) is 10.7. The van der Waals surface area contributed by atoms with Crippen LogP contribution in [-0.2, 0) is 30.4 Å². The number of carbonyl (C=O) groups excluding carboxylic acids is 4. The summed E-state index contributed by atoms with van der Waals surface area (Å²) in [4.78, 5) is 60.7. The van der Waals surface area contributed by atoms with Crippen molar-refractivity contribution in [1.82, 2.24) is 16.0 Å². The molecule has 1 rings (SSSR count). The fourth-order valence-electron chi connectivity index (χ4n) is 3.07. The lowest BCUT2D eigenvalue weighted by Crippen LogP contribution is -2.60. The summed E-state index contributed by atoms with van der Waals surface area (Å²) in [7, 11) is 0. The molecule has 5 atom stereocenters. The van der Waals surface area contributed by atoms with E-state index in [1.165, 1.54) is 6.92 Å². The molecule has 4 amide bonds. The third-order valence-electron chi connectivity index (χ3n) is 4.97. The number of primary amides is 1. The lowest BCUT2D eigenvalue weighted by Gasteiger charge is -2.26. The highest BCUT2D eigenvalue weighted by atomic mass is 16.4. The summed E-state index contributed by atoms with van der Waals surface area (Å²) in [5.41, 5.74) is 11.9. The SMILES string of the molecule is CC(C)C(NC(=O)C(CC(N)=O)NC(=O)C(NC(=O)C(N)Cc1ccccc1)C(C)O)C(=O)O. The third kappa shape index (κ3) is 9.16. The Kier molecular flexibility index (Phi) is 11.1. The van der Waals surface area contributed by atoms with Crippen molar-refractivity contribution in [3.05, 3.63) is 35.9 Å². The van der Waals surface area contributed by atoms with Crippen LogP contribution in [0.25, 0.3) is 0 Å². The van der Waals surface area contributed by atoms with Crippen LogP contribution in [-0.4, -0.2) is 70.1 Å². The van der Waals surface area contributed by atoms with Crippen LogP contribution in [0.2, 0.25) is 0 Å². The molecule has 0 radical (unpaired) electrons. The van der Waals surface area contributed by atoms with Gasteiger partial charge in [-0.2, -0.15) is 0 Å². The highest BCUT2D eigenvalue weighted by Gasteiger charge is 2.33. The number of hydrogen-bond acceptors (Lipinski definition) is 7. The van der Waals surface area contributed by atoms with E-state index in [9.17, 15) is 34.2 Å². The van der Waals surface area contributed by atoms with Gasteiger partial charge in [-0.05, 0) is 24.8 Å². The topological polar surface area (TPSA) is 214 Å². The van der Waals surface area contributed by atoms with Crippen LogP contribution in [0.4, 0.5) is 0 Å². The largest absolute Gasteiger partial charge is 0.480 e. The quantitative estimate of drug-likeness (QED) is 0.168. The first-order chi connectivity index (χ1) is 15.8. The van der Waals surface area contributed by atoms with E-state index in [2.05, 4.69) is 16.0 Å². The number of aliphatic hydroxyl groups is 1. The molecule has 0 fully saturated rings. The van der Waals surface area contributed by atoms with Gasteiger partial charge in [-0.3, -0.25) is 19.2 Å². The number of hydrogen-bond donors (Lipinski definition) is 7. The van der Waals surface area contributed by atoms with Crippen molar-refractivity contribution in [3.8, 4) is 0 Å². The summed E-state index contributed by atoms with van der Waals surface area (Å²) < 4.78 is 0. The minimum absolute atomic E-state index is 0.180. The normalized spacial score (nSPS) is 15.4. The lowest BCUT2D eigenvalue weighted by molar-refractivity contribution is -0.143. The summed E-state index contributed by atoms with van der Waals surface area (Å²) >= 11 is 0. The van der Waals surface area contributed by atoms with Gasteiger partial charge in [-0.25, -0.2) is 4.79 Å². The van der Waals surface area contributed by atoms with Crippen molar-refractivity contribution in [2.45, 2.75) is 63.9 Å². The van der Waals surface area contributed by atoms with Gasteiger partial charge >= 0.3 is 5.97 Å². The van der Waals surface area contributed by atoms with E-state index in [1.54, 1.807) is 44.2 Å². The summed E-state index contributed by atoms with van der Waals surface area (Å²) in [5.74, 6) is -5.36. The van der Waals surface area contributed by atoms with E-state index < -0.39 is 72.2 Å². The molecule has 9 N–H and O–H groups in total. The van der Waals surface area contributed by atoms with Gasteiger partial charge < -0.3 is 37.6 Å². The van der Waals surface area contributed by atoms with Gasteiger partial charge in [0.1, 0.15) is 18.1 Å². The summed E-state index contributed by atoms with van der Waals surface area (Å²) in [6.07, 6.45) is -1.83. The van der Waals surface area contributed by atoms with Crippen molar-refractivity contribution >= 4 is 29.6 Å². The van der Waals surface area contributed by atoms with Gasteiger partial charge in [0, 0.05) is 0 Å². The van der Waals surface area contributed by atoms with E-state index in [1.807, 2.05) is 0 Å². The molecule has 12 nitrogen and oxygen atoms in total. The molecule has 34 heavy (non-hydrogen) atoms. The number of amides is 4. The Balaban J connectivity index is 2.93. The fourth-order valence-corrected chi connectivity index (χ4v) is 3.07. The average molecular weight is 480 g/mol. The molecule has 0 aliphatic heterocycles. The Morgan fingerprint density at radius 3 is 1.91 bits per heavy atom. The number of rotatable bonds is 13. The highest BCUT2D eigenvalue weighted by Crippen LogP contribution is 2.06. The molecule has 188 valence electrons. The summed E-state index contributed by atoms with van der Waals surface area (Å²) in [5, 5.41) is 26.2. The standard InChI is InChI=1S/C22H33N5O7/c1-11(2)17(22(33)34)26-20(31)15(10-16(24)29)25-21(32)18(12(3)28)27-19(30)14(23)9-13-7-5-4-6-8-13/h4-8,11-12,14-15,17-18,28H,9-10,23H2,1-3H3,(H2,24,29)(H,25,32)(H,26,31)(H,27,30)(H,33,34). The van der Waals surface area contributed by atoms with Crippen LogP contribution in [0.1, 0.15) is 32.8 Å². The highest BCUT2D eigenvalue weighted by molar-refractivity contribution is 5.96. The van der Waals surface area contributed by atoms with Crippen LogP contribution in [0.5, 0.6) is 0 Å². The van der Waals surface area contributed by atoms with Crippen LogP contribution in [0, 0.1) is 5.92 Å². The van der Waals surface area contributed by atoms with Crippen LogP contribution in [0.15, 0.2) is 30.3 Å². The zero-order valence-corrected chi connectivity index (χ0v) is 19.4. The van der Waals surface area contributed by atoms with E-state index >= 15 is 0 Å². The van der Waals surface area contributed by atoms with Gasteiger partial charge in [-0.1, -0.05) is 44.2 Å². The maximum Gasteiger partial charge on any atom is 0.326 e. The monoisotopic (exact) mass is 479 g/mol. The second-order valence-electron chi connectivity index (χ2n) is 8.32. The molecule has 1 aromatic carbocycles. The predicted octanol–water partition coefficient (Wildman–Crippen LogP) is -1.99. The molecule has 0 saturated heterocycles. The van der Waals surface area contributed by atoms with E-state index in [0.717, 1.165) is 5.56 Å². The maximum absolute atomic E-state index is 12.8. The number of aliphatic carboxylic acids is 1. The minimum atomic E-state index is -1.53. The maximum atomic E-state index is 12.8. The molecule has 0 aromatic heterocycles. The van der Waals surface area contributed by atoms with Crippen LogP contribution in [0.3, 0.4) is 0 Å². The number of carbonyl (C=O) groups is 5. The van der Waals surface area contributed by atoms with Gasteiger partial charge in [0.2, 0.25) is 23.6 Å². The van der Waals surface area contributed by atoms with Crippen molar-refractivity contribution < 1.29 is 34.2 Å². The molecule has 0 heterocycles. The zero-order chi connectivity index (χ0) is 26.0. The Bertz CT molecular complexity index is 876. The van der Waals surface area contributed by atoms with E-state index in [4.69, 9.17) is 11.5 Å². The van der Waals surface area contributed by atoms with Crippen LogP contribution >= 0.6 is 0 Å². The lowest BCUT2D eigenvalue weighted by atomic mass is 10.0. The zero-order valence-electron chi connectivity index (χ0n) is 19.4. The molecule has 0 saturated carbocycles. The second-order valence-corrected chi connectivity index (χ2v) is 8.32. The first kappa shape index (κ1) is 28.5. The first-order valence-electron chi connectivity index (χ1n) is 10.7. The van der Waals surface area contributed by atoms with Crippen molar-refractivity contribution in [1.29, 1.82) is 0 Å². The van der Waals surface area contributed by atoms with Gasteiger partial charge in [0.15, 0.2) is 0 Å². The van der Waals surface area contributed by atoms with E-state index in [-0.39, 0.29) is 6.42 Å². The molecule has 1 aromatic rings. The summed E-state index contributed by atoms with van der Waals surface area (Å²) in [6, 6.07) is 3.60. The van der Waals surface area contributed by atoms with Crippen molar-refractivity contribution in [3.63, 3.8) is 0 Å². The molecule has 5 unspecified atom stereocenters. The Labute approximate surface area is 197 Å². The number of carboxylic acids is 1. The smallest absolute Gasteiger partial charge is 0.326 e. The fraction of sp³-hybridized carbons (Fsp3) is 0.500. The van der Waals surface area contributed by atoms with Crippen LogP contribution < -0.4 is 27.4 Å². The van der Waals surface area contributed by atoms with Crippen molar-refractivity contribution in [2.24, 2.45) is 17.4 Å². The Morgan fingerprint density at radius 2 is 1.44 bits per heavy atom. The minimum Gasteiger partial charge on any atom is -0.480 e. The molecule has 0 aliphatic carbocycles. The molecule has 12 heteroatoms. The van der Waals surface area contributed by atoms with Crippen molar-refractivity contribution in [2.75, 3.05) is 0 Å². The number of nitrogens with one attached hydrogen (secondary N) is 3. The molecule has 0 bridgehead atoms. The number of benzene rings is 1. The van der Waals surface area contributed by atoms with E-state index in [0.29, 0.717) is 0 Å². The second kappa shape index (κ2) is 13.3. The molecule has 0 spiro atoms. The Hall–Kier alpha value is -3.51. The van der Waals surface area contributed by atoms with Gasteiger partial charge in [0.05, 0.1) is 18.6 Å². The predicted molar refractivity (Wildman–Crippen MR) is 122 cm³/mol. The Morgan fingerprint density at radius 1 is 0.882 bits per heavy atom. The molecule has 0 aliphatic rings. The van der Waals surface area contributed by atoms with Gasteiger partial charge in [-0.15, -0.1) is 0 Å². The third-order valence-corrected chi connectivity index (χ3v) is 4.97. The average Bonchev–Trinajstić information content (AvgIpc) is 2.74. The number of nitrogens with two attached hydrogens (primary N) is 2. The summed E-state index contributed by atoms with van der Waals surface area (Å²) in [6.45, 7) is 4.38. The molecular formula is C22H33N5O7.